The summed E-state index contributed by atoms with van der Waals surface area (Å²) in [7, 11) is 0. The molecule has 0 aliphatic rings. The van der Waals surface area contributed by atoms with Gasteiger partial charge in [-0.15, -0.1) is 0 Å². The Hall–Kier alpha value is -7.82. The molecule has 0 bridgehead atoms. The molecule has 0 saturated carbocycles. The van der Waals surface area contributed by atoms with Crippen molar-refractivity contribution in [2.45, 2.75) is 0 Å². The van der Waals surface area contributed by atoms with Gasteiger partial charge in [0.2, 0.25) is 0 Å². The van der Waals surface area contributed by atoms with Crippen LogP contribution in [0.2, 0.25) is 0 Å². The van der Waals surface area contributed by atoms with Gasteiger partial charge >= 0.3 is 0 Å². The van der Waals surface area contributed by atoms with E-state index in [1.807, 2.05) is 0 Å². The third-order valence-corrected chi connectivity index (χ3v) is 12.3. The second kappa shape index (κ2) is 11.8. The van der Waals surface area contributed by atoms with Crippen LogP contribution < -0.4 is 0 Å². The fraction of sp³-hybridized carbons (Fsp3) is 0. The molecule has 0 saturated heterocycles. The first kappa shape index (κ1) is 31.4. The van der Waals surface area contributed by atoms with E-state index in [1.165, 1.54) is 87.2 Å². The molecular formula is C54H34N4. The summed E-state index contributed by atoms with van der Waals surface area (Å²) < 4.78 is 9.68. The molecule has 0 atom stereocenters. The summed E-state index contributed by atoms with van der Waals surface area (Å²) in [4.78, 5) is 0. The summed E-state index contributed by atoms with van der Waals surface area (Å²) in [6.07, 6.45) is 0. The van der Waals surface area contributed by atoms with Gasteiger partial charge in [-0.05, 0) is 91.0 Å². The normalized spacial score (nSPS) is 12.1. The Balaban J connectivity index is 1.02. The second-order valence-electron chi connectivity index (χ2n) is 15.4. The number of hydrogen-bond donors (Lipinski definition) is 0. The van der Waals surface area contributed by atoms with Gasteiger partial charge < -0.3 is 18.3 Å². The molecule has 0 radical (unpaired) electrons. The second-order valence-corrected chi connectivity index (χ2v) is 15.4. The van der Waals surface area contributed by atoms with Crippen LogP contribution in [0.3, 0.4) is 0 Å². The van der Waals surface area contributed by atoms with Gasteiger partial charge in [-0.3, -0.25) is 0 Å². The van der Waals surface area contributed by atoms with E-state index in [4.69, 9.17) is 0 Å². The zero-order valence-corrected chi connectivity index (χ0v) is 31.4. The Morgan fingerprint density at radius 2 is 0.466 bits per heavy atom. The number of fused-ring (bicyclic) bond motifs is 12. The zero-order valence-electron chi connectivity index (χ0n) is 31.4. The molecule has 270 valence electrons. The molecule has 0 aliphatic carbocycles. The van der Waals surface area contributed by atoms with Crippen LogP contribution in [0.15, 0.2) is 206 Å². The van der Waals surface area contributed by atoms with Gasteiger partial charge in [-0.1, -0.05) is 115 Å². The lowest BCUT2D eigenvalue weighted by atomic mass is 10.1. The molecule has 0 spiro atoms. The van der Waals surface area contributed by atoms with E-state index in [1.54, 1.807) is 0 Å². The average molecular weight is 739 g/mol. The van der Waals surface area contributed by atoms with Gasteiger partial charge in [0.1, 0.15) is 0 Å². The van der Waals surface area contributed by atoms with Crippen LogP contribution >= 0.6 is 0 Å². The Morgan fingerprint density at radius 3 is 0.897 bits per heavy atom. The van der Waals surface area contributed by atoms with Crippen LogP contribution in [0.4, 0.5) is 0 Å². The first-order chi connectivity index (χ1) is 28.8. The number of hydrogen-bond acceptors (Lipinski definition) is 0. The topological polar surface area (TPSA) is 19.7 Å². The fourth-order valence-corrected chi connectivity index (χ4v) is 9.91. The Kier molecular flexibility index (Phi) is 6.41. The van der Waals surface area contributed by atoms with E-state index in [-0.39, 0.29) is 0 Å². The lowest BCUT2D eigenvalue weighted by molar-refractivity contribution is 1.15. The number of benzene rings is 9. The largest absolute Gasteiger partial charge is 0.309 e. The monoisotopic (exact) mass is 738 g/mol. The molecule has 0 unspecified atom stereocenters. The average Bonchev–Trinajstić information content (AvgIpc) is 4.01. The minimum Gasteiger partial charge on any atom is -0.309 e. The summed E-state index contributed by atoms with van der Waals surface area (Å²) in [6.45, 7) is 0. The van der Waals surface area contributed by atoms with Crippen molar-refractivity contribution < 1.29 is 0 Å². The third kappa shape index (κ3) is 4.29. The van der Waals surface area contributed by atoms with Crippen LogP contribution in [0, 0.1) is 0 Å². The summed E-state index contributed by atoms with van der Waals surface area (Å²) in [5.74, 6) is 0. The van der Waals surface area contributed by atoms with E-state index in [0.717, 1.165) is 22.7 Å². The molecule has 0 amide bonds. The Labute approximate surface area is 333 Å². The quantitative estimate of drug-likeness (QED) is 0.171. The highest BCUT2D eigenvalue weighted by Crippen LogP contribution is 2.40. The van der Waals surface area contributed by atoms with E-state index in [2.05, 4.69) is 225 Å². The van der Waals surface area contributed by atoms with Gasteiger partial charge in [0.05, 0.1) is 44.1 Å². The molecule has 0 N–H and O–H groups in total. The molecule has 58 heavy (non-hydrogen) atoms. The van der Waals surface area contributed by atoms with E-state index in [9.17, 15) is 0 Å². The number of aromatic nitrogens is 4. The van der Waals surface area contributed by atoms with Gasteiger partial charge in [-0.25, -0.2) is 0 Å². The van der Waals surface area contributed by atoms with E-state index >= 15 is 0 Å². The van der Waals surface area contributed by atoms with Crippen molar-refractivity contribution >= 4 is 87.2 Å². The molecule has 4 nitrogen and oxygen atoms in total. The van der Waals surface area contributed by atoms with Crippen molar-refractivity contribution in [3.63, 3.8) is 0 Å². The molecule has 13 rings (SSSR count). The van der Waals surface area contributed by atoms with Crippen LogP contribution in [0.25, 0.3) is 110 Å². The van der Waals surface area contributed by atoms with E-state index in [0.29, 0.717) is 0 Å². The standard InChI is InChI=1S/C54H34N4/c1-2-14-35(15-3-1)55-47-21-9-6-18-41(47)44-29-26-38(34-54(44)55)58-51-25-13-8-20-43(51)46-33-37(28-31-53(46)58)57-50-24-12-7-19-42(50)45-32-36(27-30-52(45)57)56-48-22-10-4-16-39(48)40-17-5-11-23-49(40)56/h1-34H. The van der Waals surface area contributed by atoms with Crippen molar-refractivity contribution in [3.05, 3.63) is 206 Å². The summed E-state index contributed by atoms with van der Waals surface area (Å²) in [5.41, 5.74) is 14.2. The van der Waals surface area contributed by atoms with Gasteiger partial charge in [0, 0.05) is 65.8 Å². The Bertz CT molecular complexity index is 3740. The Morgan fingerprint density at radius 1 is 0.172 bits per heavy atom. The molecule has 0 fully saturated rings. The molecule has 4 heteroatoms. The van der Waals surface area contributed by atoms with Crippen LogP contribution in [0.5, 0.6) is 0 Å². The smallest absolute Gasteiger partial charge is 0.0561 e. The molecule has 0 aliphatic heterocycles. The highest BCUT2D eigenvalue weighted by molar-refractivity contribution is 6.15. The predicted octanol–water partition coefficient (Wildman–Crippen LogP) is 14.1. The van der Waals surface area contributed by atoms with Crippen LogP contribution in [0.1, 0.15) is 0 Å². The predicted molar refractivity (Wildman–Crippen MR) is 244 cm³/mol. The molecule has 9 aromatic carbocycles. The SMILES string of the molecule is c1ccc(-n2c3ccccc3c3ccc(-n4c5ccccc5c5cc(-n6c7ccccc7c7cc(-n8c9ccccc9c9ccccc98)ccc76)ccc54)cc32)cc1. The van der Waals surface area contributed by atoms with Crippen molar-refractivity contribution in [3.8, 4) is 22.7 Å². The summed E-state index contributed by atoms with van der Waals surface area (Å²) in [6, 6.07) is 75.5. The van der Waals surface area contributed by atoms with Crippen LogP contribution in [-0.4, -0.2) is 18.3 Å². The number of para-hydroxylation sites is 6. The third-order valence-electron chi connectivity index (χ3n) is 12.3. The first-order valence-electron chi connectivity index (χ1n) is 19.9. The van der Waals surface area contributed by atoms with Crippen molar-refractivity contribution in [1.82, 2.24) is 18.3 Å². The zero-order chi connectivity index (χ0) is 37.9. The van der Waals surface area contributed by atoms with Crippen molar-refractivity contribution in [2.24, 2.45) is 0 Å². The van der Waals surface area contributed by atoms with E-state index < -0.39 is 0 Å². The van der Waals surface area contributed by atoms with Crippen LogP contribution in [-0.2, 0) is 0 Å². The maximum atomic E-state index is 2.44. The number of rotatable bonds is 4. The molecule has 4 aromatic heterocycles. The van der Waals surface area contributed by atoms with Gasteiger partial charge in [0.25, 0.3) is 0 Å². The van der Waals surface area contributed by atoms with Gasteiger partial charge in [0.15, 0.2) is 0 Å². The van der Waals surface area contributed by atoms with Crippen molar-refractivity contribution in [1.29, 1.82) is 0 Å². The highest BCUT2D eigenvalue weighted by Gasteiger charge is 2.20. The minimum atomic E-state index is 1.14. The molecule has 4 heterocycles. The fourth-order valence-electron chi connectivity index (χ4n) is 9.91. The maximum absolute atomic E-state index is 2.44. The lowest BCUT2D eigenvalue weighted by Gasteiger charge is -2.12. The van der Waals surface area contributed by atoms with Crippen molar-refractivity contribution in [2.75, 3.05) is 0 Å². The highest BCUT2D eigenvalue weighted by atomic mass is 15.0. The number of nitrogens with zero attached hydrogens (tertiary/aromatic N) is 4. The lowest BCUT2D eigenvalue weighted by Crippen LogP contribution is -1.97. The molecular weight excluding hydrogens is 705 g/mol. The first-order valence-corrected chi connectivity index (χ1v) is 19.9. The molecule has 13 aromatic rings. The summed E-state index contributed by atoms with van der Waals surface area (Å²) >= 11 is 0. The minimum absolute atomic E-state index is 1.14. The van der Waals surface area contributed by atoms with Gasteiger partial charge in [-0.2, -0.15) is 0 Å². The maximum Gasteiger partial charge on any atom is 0.0561 e. The summed E-state index contributed by atoms with van der Waals surface area (Å²) in [5, 5.41) is 9.98.